The van der Waals surface area contributed by atoms with E-state index in [1.54, 1.807) is 81.8 Å². The highest BCUT2D eigenvalue weighted by Gasteiger charge is 2.36. The third-order valence-corrected chi connectivity index (χ3v) is 6.29. The van der Waals surface area contributed by atoms with Gasteiger partial charge in [0.2, 0.25) is 5.95 Å². The Kier molecular flexibility index (Phi) is 6.69. The average Bonchev–Trinajstić information content (AvgIpc) is 3.36. The van der Waals surface area contributed by atoms with Crippen LogP contribution in [-0.2, 0) is 4.79 Å². The lowest BCUT2D eigenvalue weighted by atomic mass is 9.94. The molecule has 2 heterocycles. The molecule has 1 unspecified atom stereocenters. The maximum Gasteiger partial charge on any atom is 0.255 e. The summed E-state index contributed by atoms with van der Waals surface area (Å²) >= 11 is 0. The van der Waals surface area contributed by atoms with E-state index in [9.17, 15) is 4.79 Å². The number of carbonyl (C=O) groups is 1. The summed E-state index contributed by atoms with van der Waals surface area (Å²) in [6.45, 7) is 1.75. The predicted octanol–water partition coefficient (Wildman–Crippen LogP) is 5.04. The van der Waals surface area contributed by atoms with Gasteiger partial charge in [-0.2, -0.15) is 4.98 Å². The molecule has 0 saturated heterocycles. The summed E-state index contributed by atoms with van der Waals surface area (Å²) in [7, 11) is 4.63. The van der Waals surface area contributed by atoms with Gasteiger partial charge in [0.25, 0.3) is 5.91 Å². The van der Waals surface area contributed by atoms with Gasteiger partial charge in [-0.05, 0) is 43.3 Å². The maximum atomic E-state index is 15.2. The van der Waals surface area contributed by atoms with E-state index >= 15 is 4.39 Å². The maximum absolute atomic E-state index is 15.2. The molecule has 1 amide bonds. The molecule has 10 heteroatoms. The number of fused-ring (bicyclic) bond motifs is 1. The number of rotatable bonds is 7. The Balaban J connectivity index is 1.61. The highest BCUT2D eigenvalue weighted by atomic mass is 19.1. The largest absolute Gasteiger partial charge is 0.495 e. The summed E-state index contributed by atoms with van der Waals surface area (Å²) in [5.74, 6) is 1.43. The second-order valence-electron chi connectivity index (χ2n) is 8.52. The second kappa shape index (κ2) is 10.3. The van der Waals surface area contributed by atoms with Crippen LogP contribution in [0.2, 0.25) is 0 Å². The Hall–Kier alpha value is -4.86. The minimum atomic E-state index is -0.886. The Morgan fingerprint density at radius 1 is 0.947 bits per heavy atom. The molecule has 0 spiro atoms. The summed E-state index contributed by atoms with van der Waals surface area (Å²) in [6, 6.07) is 17.8. The zero-order valence-electron chi connectivity index (χ0n) is 21.3. The first-order valence-electron chi connectivity index (χ1n) is 11.8. The van der Waals surface area contributed by atoms with Gasteiger partial charge >= 0.3 is 0 Å². The lowest BCUT2D eigenvalue weighted by Gasteiger charge is -2.29. The van der Waals surface area contributed by atoms with Crippen molar-refractivity contribution in [2.45, 2.75) is 13.0 Å². The number of nitrogens with one attached hydrogen (secondary N) is 2. The van der Waals surface area contributed by atoms with E-state index in [-0.39, 0.29) is 11.1 Å². The molecule has 194 valence electrons. The minimum absolute atomic E-state index is 0.281. The number of nitrogens with zero attached hydrogens (tertiary/aromatic N) is 3. The van der Waals surface area contributed by atoms with Gasteiger partial charge < -0.3 is 24.8 Å². The number of hydrogen-bond acceptors (Lipinski definition) is 7. The number of carbonyl (C=O) groups excluding carboxylic acids is 1. The first-order chi connectivity index (χ1) is 18.4. The van der Waals surface area contributed by atoms with Gasteiger partial charge in [0.1, 0.15) is 17.6 Å². The molecule has 1 aliphatic heterocycles. The van der Waals surface area contributed by atoms with Gasteiger partial charge in [0.05, 0.1) is 32.6 Å². The third kappa shape index (κ3) is 4.40. The molecule has 0 aliphatic carbocycles. The molecule has 1 atom stereocenters. The van der Waals surface area contributed by atoms with Gasteiger partial charge in [-0.25, -0.2) is 9.07 Å². The fourth-order valence-corrected chi connectivity index (χ4v) is 4.46. The fourth-order valence-electron chi connectivity index (χ4n) is 4.46. The zero-order valence-corrected chi connectivity index (χ0v) is 21.3. The molecular weight excluding hydrogens is 489 g/mol. The first kappa shape index (κ1) is 24.8. The fraction of sp³-hybridized carbons (Fsp3) is 0.179. The van der Waals surface area contributed by atoms with Crippen LogP contribution < -0.4 is 24.8 Å². The molecule has 38 heavy (non-hydrogen) atoms. The molecule has 9 nitrogen and oxygen atoms in total. The molecule has 1 aliphatic rings. The Morgan fingerprint density at radius 3 is 2.39 bits per heavy atom. The molecule has 5 rings (SSSR count). The Morgan fingerprint density at radius 2 is 1.66 bits per heavy atom. The summed E-state index contributed by atoms with van der Waals surface area (Å²) < 4.78 is 32.9. The Labute approximate surface area is 218 Å². The SMILES string of the molecule is COc1ccccc1NC(=O)C1=C(C)Nc2nc(-c3ccc(OC)c(OC)c3)nn2C1c1ccccc1F. The number of para-hydroxylation sites is 2. The number of hydrogen-bond donors (Lipinski definition) is 2. The van der Waals surface area contributed by atoms with Gasteiger partial charge in [0, 0.05) is 16.8 Å². The molecule has 0 bridgehead atoms. The van der Waals surface area contributed by atoms with E-state index in [0.717, 1.165) is 0 Å². The highest BCUT2D eigenvalue weighted by molar-refractivity contribution is 6.06. The van der Waals surface area contributed by atoms with Crippen molar-refractivity contribution in [3.8, 4) is 28.6 Å². The predicted molar refractivity (Wildman–Crippen MR) is 141 cm³/mol. The number of aromatic nitrogens is 3. The second-order valence-corrected chi connectivity index (χ2v) is 8.52. The van der Waals surface area contributed by atoms with Crippen molar-refractivity contribution in [2.24, 2.45) is 0 Å². The van der Waals surface area contributed by atoms with E-state index in [4.69, 9.17) is 19.3 Å². The van der Waals surface area contributed by atoms with Gasteiger partial charge in [-0.15, -0.1) is 5.10 Å². The zero-order chi connectivity index (χ0) is 26.8. The van der Waals surface area contributed by atoms with Crippen LogP contribution in [0.15, 0.2) is 78.0 Å². The summed E-state index contributed by atoms with van der Waals surface area (Å²) in [5.41, 5.74) is 2.24. The molecule has 0 fully saturated rings. The minimum Gasteiger partial charge on any atom is -0.495 e. The van der Waals surface area contributed by atoms with Crippen LogP contribution in [0.1, 0.15) is 18.5 Å². The van der Waals surface area contributed by atoms with Crippen molar-refractivity contribution < 1.29 is 23.4 Å². The van der Waals surface area contributed by atoms with E-state index in [0.29, 0.717) is 46.0 Å². The van der Waals surface area contributed by atoms with Crippen LogP contribution in [0.5, 0.6) is 17.2 Å². The monoisotopic (exact) mass is 515 g/mol. The Bertz CT molecular complexity index is 1550. The topological polar surface area (TPSA) is 99.5 Å². The smallest absolute Gasteiger partial charge is 0.255 e. The first-order valence-corrected chi connectivity index (χ1v) is 11.8. The van der Waals surface area contributed by atoms with Crippen LogP contribution in [0.4, 0.5) is 16.0 Å². The van der Waals surface area contributed by atoms with E-state index in [1.165, 1.54) is 17.9 Å². The number of allylic oxidation sites excluding steroid dienone is 1. The van der Waals surface area contributed by atoms with Crippen LogP contribution in [0, 0.1) is 5.82 Å². The molecule has 3 aromatic carbocycles. The molecule has 2 N–H and O–H groups in total. The van der Waals surface area contributed by atoms with Crippen molar-refractivity contribution in [2.75, 3.05) is 32.0 Å². The van der Waals surface area contributed by atoms with Crippen LogP contribution in [-0.4, -0.2) is 42.0 Å². The van der Waals surface area contributed by atoms with Crippen LogP contribution in [0.3, 0.4) is 0 Å². The molecular formula is C28H26FN5O4. The molecule has 4 aromatic rings. The van der Waals surface area contributed by atoms with Crippen molar-refractivity contribution >= 4 is 17.5 Å². The number of ether oxygens (including phenoxy) is 3. The van der Waals surface area contributed by atoms with Gasteiger partial charge in [-0.3, -0.25) is 4.79 Å². The molecule has 0 radical (unpaired) electrons. The summed E-state index contributed by atoms with van der Waals surface area (Å²) in [4.78, 5) is 18.4. The summed E-state index contributed by atoms with van der Waals surface area (Å²) in [6.07, 6.45) is 0. The van der Waals surface area contributed by atoms with Crippen molar-refractivity contribution in [1.29, 1.82) is 0 Å². The number of benzene rings is 3. The summed E-state index contributed by atoms with van der Waals surface area (Å²) in [5, 5.41) is 10.8. The lowest BCUT2D eigenvalue weighted by Crippen LogP contribution is -2.32. The van der Waals surface area contributed by atoms with Crippen molar-refractivity contribution in [3.63, 3.8) is 0 Å². The molecule has 1 aromatic heterocycles. The normalized spacial score (nSPS) is 14.4. The van der Waals surface area contributed by atoms with E-state index in [1.807, 2.05) is 0 Å². The van der Waals surface area contributed by atoms with E-state index in [2.05, 4.69) is 15.6 Å². The van der Waals surface area contributed by atoms with E-state index < -0.39 is 17.8 Å². The van der Waals surface area contributed by atoms with Gasteiger partial charge in [0.15, 0.2) is 17.3 Å². The van der Waals surface area contributed by atoms with Crippen molar-refractivity contribution in [3.05, 3.63) is 89.4 Å². The standard InChI is InChI=1S/C28H26FN5O4/c1-16-24(27(35)31-20-11-7-8-12-21(20)36-2)25(18-9-5-6-10-19(18)29)34-28(30-16)32-26(33-34)17-13-14-22(37-3)23(15-17)38-4/h5-15,25H,1-4H3,(H,31,35)(H,30,32,33). The molecule has 0 saturated carbocycles. The number of halogens is 1. The highest BCUT2D eigenvalue weighted by Crippen LogP contribution is 2.39. The third-order valence-electron chi connectivity index (χ3n) is 6.29. The van der Waals surface area contributed by atoms with Crippen LogP contribution in [0.25, 0.3) is 11.4 Å². The number of anilines is 2. The quantitative estimate of drug-likeness (QED) is 0.356. The average molecular weight is 516 g/mol. The van der Waals surface area contributed by atoms with Crippen LogP contribution >= 0.6 is 0 Å². The van der Waals surface area contributed by atoms with Gasteiger partial charge in [-0.1, -0.05) is 30.3 Å². The number of methoxy groups -OCH3 is 3. The lowest BCUT2D eigenvalue weighted by molar-refractivity contribution is -0.113. The van der Waals surface area contributed by atoms with Crippen molar-refractivity contribution in [1.82, 2.24) is 14.8 Å². The number of amides is 1.